The van der Waals surface area contributed by atoms with E-state index in [9.17, 15) is 4.79 Å². The van der Waals surface area contributed by atoms with E-state index in [0.717, 1.165) is 6.08 Å². The van der Waals surface area contributed by atoms with Gasteiger partial charge in [-0.3, -0.25) is 0 Å². The second-order valence-electron chi connectivity index (χ2n) is 0.991. The van der Waals surface area contributed by atoms with E-state index in [1.165, 1.54) is 7.11 Å². The molecule has 4 heteroatoms. The lowest BCUT2D eigenvalue weighted by molar-refractivity contribution is -0.131. The number of carboxylic acid groups (broad SMARTS) is 1. The van der Waals surface area contributed by atoms with Crippen LogP contribution in [-0.2, 0) is 9.53 Å². The van der Waals surface area contributed by atoms with Crippen LogP contribution < -0.4 is 0 Å². The zero-order valence-electron chi connectivity index (χ0n) is 4.22. The van der Waals surface area contributed by atoms with Gasteiger partial charge in [0.15, 0.2) is 5.22 Å². The number of methoxy groups -OCH3 is 1. The van der Waals surface area contributed by atoms with E-state index in [1.54, 1.807) is 0 Å². The Kier molecular flexibility index (Phi) is 3.03. The molecule has 0 amide bonds. The van der Waals surface area contributed by atoms with Crippen LogP contribution in [0.1, 0.15) is 0 Å². The van der Waals surface area contributed by atoms with Gasteiger partial charge in [0.2, 0.25) is 0 Å². The smallest absolute Gasteiger partial charge is 0.333 e. The molecule has 0 unspecified atom stereocenters. The van der Waals surface area contributed by atoms with E-state index in [4.69, 9.17) is 16.7 Å². The lowest BCUT2D eigenvalue weighted by Gasteiger charge is -1.89. The molecule has 0 fully saturated rings. The van der Waals surface area contributed by atoms with Gasteiger partial charge in [-0.25, -0.2) is 4.79 Å². The van der Waals surface area contributed by atoms with Crippen molar-refractivity contribution in [1.82, 2.24) is 0 Å². The molecule has 0 heterocycles. The van der Waals surface area contributed by atoms with Gasteiger partial charge in [-0.15, -0.1) is 0 Å². The average Bonchev–Trinajstić information content (AvgIpc) is 1.65. The van der Waals surface area contributed by atoms with Gasteiger partial charge in [-0.05, 0) is 11.6 Å². The Morgan fingerprint density at radius 3 is 2.50 bits per heavy atom. The maximum absolute atomic E-state index is 9.73. The second kappa shape index (κ2) is 3.32. The molecule has 1 N–H and O–H groups in total. The number of carbonyl (C=O) groups is 1. The highest BCUT2D eigenvalue weighted by Crippen LogP contribution is 1.98. The van der Waals surface area contributed by atoms with Crippen molar-refractivity contribution in [2.45, 2.75) is 0 Å². The van der Waals surface area contributed by atoms with Crippen LogP contribution in [-0.4, -0.2) is 18.2 Å². The lowest BCUT2D eigenvalue weighted by Crippen LogP contribution is -1.89. The van der Waals surface area contributed by atoms with Crippen molar-refractivity contribution in [2.75, 3.05) is 7.11 Å². The van der Waals surface area contributed by atoms with E-state index in [-0.39, 0.29) is 5.22 Å². The summed E-state index contributed by atoms with van der Waals surface area (Å²) in [7, 11) is 1.29. The molecule has 0 aliphatic carbocycles. The van der Waals surface area contributed by atoms with Gasteiger partial charge in [0, 0.05) is 0 Å². The Morgan fingerprint density at radius 2 is 2.38 bits per heavy atom. The summed E-state index contributed by atoms with van der Waals surface area (Å²) in [5.74, 6) is -1.11. The standard InChI is InChI=1S/C4H5ClO3/c1-8-3(5)2-4(6)7/h2H,1H3,(H,6,7)/b3-2-. The van der Waals surface area contributed by atoms with Crippen LogP contribution in [0.3, 0.4) is 0 Å². The highest BCUT2D eigenvalue weighted by Gasteiger charge is 1.91. The molecule has 0 radical (unpaired) electrons. The van der Waals surface area contributed by atoms with Crippen molar-refractivity contribution in [2.24, 2.45) is 0 Å². The van der Waals surface area contributed by atoms with Crippen LogP contribution in [0.5, 0.6) is 0 Å². The monoisotopic (exact) mass is 136 g/mol. The summed E-state index contributed by atoms with van der Waals surface area (Å²) in [5.41, 5.74) is 0. The molecule has 0 spiro atoms. The summed E-state index contributed by atoms with van der Waals surface area (Å²) >= 11 is 5.12. The predicted octanol–water partition coefficient (Wildman–Crippen LogP) is 0.798. The number of halogens is 1. The summed E-state index contributed by atoms with van der Waals surface area (Å²) in [4.78, 5) is 9.73. The zero-order chi connectivity index (χ0) is 6.57. The van der Waals surface area contributed by atoms with E-state index in [1.807, 2.05) is 0 Å². The van der Waals surface area contributed by atoms with E-state index in [2.05, 4.69) is 4.74 Å². The number of hydrogen-bond acceptors (Lipinski definition) is 2. The fourth-order valence-electron chi connectivity index (χ4n) is 0.156. The fourth-order valence-corrected chi connectivity index (χ4v) is 0.249. The Balaban J connectivity index is 3.75. The molecule has 46 valence electrons. The van der Waals surface area contributed by atoms with Crippen LogP contribution >= 0.6 is 11.6 Å². The van der Waals surface area contributed by atoms with Crippen LogP contribution in [0.15, 0.2) is 11.3 Å². The first-order chi connectivity index (χ1) is 3.66. The van der Waals surface area contributed by atoms with Crippen molar-refractivity contribution < 1.29 is 14.6 Å². The largest absolute Gasteiger partial charge is 0.486 e. The molecule has 0 atom stereocenters. The maximum atomic E-state index is 9.73. The molecule has 0 aliphatic rings. The van der Waals surface area contributed by atoms with E-state index >= 15 is 0 Å². The lowest BCUT2D eigenvalue weighted by atomic mass is 10.6. The predicted molar refractivity (Wildman–Crippen MR) is 28.6 cm³/mol. The van der Waals surface area contributed by atoms with Crippen molar-refractivity contribution in [3.63, 3.8) is 0 Å². The normalized spacial score (nSPS) is 11.0. The number of hydrogen-bond donors (Lipinski definition) is 1. The Labute approximate surface area is 51.5 Å². The third-order valence-electron chi connectivity index (χ3n) is 0.432. The van der Waals surface area contributed by atoms with Gasteiger partial charge in [0.25, 0.3) is 0 Å². The first-order valence-corrected chi connectivity index (χ1v) is 2.18. The first kappa shape index (κ1) is 7.30. The molecule has 0 saturated heterocycles. The summed E-state index contributed by atoms with van der Waals surface area (Å²) in [6.07, 6.45) is 0.765. The van der Waals surface area contributed by atoms with Gasteiger partial charge < -0.3 is 9.84 Å². The Bertz CT molecular complexity index is 118. The van der Waals surface area contributed by atoms with Crippen LogP contribution in [0.4, 0.5) is 0 Å². The summed E-state index contributed by atoms with van der Waals surface area (Å²) < 4.78 is 4.31. The second-order valence-corrected chi connectivity index (χ2v) is 1.36. The quantitative estimate of drug-likeness (QED) is 0.451. The van der Waals surface area contributed by atoms with Crippen molar-refractivity contribution in [3.8, 4) is 0 Å². The molecule has 0 aromatic heterocycles. The zero-order valence-corrected chi connectivity index (χ0v) is 4.97. The molecule has 3 nitrogen and oxygen atoms in total. The van der Waals surface area contributed by atoms with Crippen LogP contribution in [0, 0.1) is 0 Å². The van der Waals surface area contributed by atoms with Crippen molar-refractivity contribution >= 4 is 17.6 Å². The highest BCUT2D eigenvalue weighted by molar-refractivity contribution is 6.29. The van der Waals surface area contributed by atoms with Crippen LogP contribution in [0.25, 0.3) is 0 Å². The summed E-state index contributed by atoms with van der Waals surface area (Å²) in [6, 6.07) is 0. The molecule has 0 aliphatic heterocycles. The number of aliphatic carboxylic acids is 1. The molecule has 8 heavy (non-hydrogen) atoms. The summed E-state index contributed by atoms with van der Waals surface area (Å²) in [5, 5.41) is 7.85. The minimum atomic E-state index is -1.11. The SMILES string of the molecule is CO/C(Cl)=C\C(=O)O. The fraction of sp³-hybridized carbons (Fsp3) is 0.250. The first-order valence-electron chi connectivity index (χ1n) is 1.81. The minimum absolute atomic E-state index is 0.127. The third-order valence-corrected chi connectivity index (χ3v) is 0.695. The van der Waals surface area contributed by atoms with Gasteiger partial charge >= 0.3 is 5.97 Å². The number of carboxylic acids is 1. The molecule has 0 aromatic rings. The average molecular weight is 137 g/mol. The molecule has 0 bridgehead atoms. The highest BCUT2D eigenvalue weighted by atomic mass is 35.5. The van der Waals surface area contributed by atoms with E-state index < -0.39 is 5.97 Å². The molecule has 0 rings (SSSR count). The van der Waals surface area contributed by atoms with E-state index in [0.29, 0.717) is 0 Å². The summed E-state index contributed by atoms with van der Waals surface area (Å²) in [6.45, 7) is 0. The van der Waals surface area contributed by atoms with Crippen molar-refractivity contribution in [3.05, 3.63) is 11.3 Å². The van der Waals surface area contributed by atoms with Crippen molar-refractivity contribution in [1.29, 1.82) is 0 Å². The molecular weight excluding hydrogens is 131 g/mol. The number of rotatable bonds is 2. The van der Waals surface area contributed by atoms with Gasteiger partial charge in [-0.1, -0.05) is 0 Å². The minimum Gasteiger partial charge on any atom is -0.486 e. The topological polar surface area (TPSA) is 46.5 Å². The molecule has 0 aromatic carbocycles. The van der Waals surface area contributed by atoms with Gasteiger partial charge in [-0.2, -0.15) is 0 Å². The third kappa shape index (κ3) is 3.49. The Hall–Kier alpha value is -0.700. The van der Waals surface area contributed by atoms with Gasteiger partial charge in [0.1, 0.15) is 0 Å². The Morgan fingerprint density at radius 1 is 1.88 bits per heavy atom. The molecular formula is C4H5ClO3. The maximum Gasteiger partial charge on any atom is 0.333 e. The van der Waals surface area contributed by atoms with Gasteiger partial charge in [0.05, 0.1) is 13.2 Å². The number of ether oxygens (including phenoxy) is 1. The molecule has 0 saturated carbocycles. The van der Waals surface area contributed by atoms with Crippen LogP contribution in [0.2, 0.25) is 0 Å².